The zero-order valence-corrected chi connectivity index (χ0v) is 30.3. The summed E-state index contributed by atoms with van der Waals surface area (Å²) in [5.41, 5.74) is 2.94. The number of carbonyl (C=O) groups excluding carboxylic acids is 1. The molecule has 0 unspecified atom stereocenters. The lowest BCUT2D eigenvalue weighted by molar-refractivity contribution is -0.190. The van der Waals surface area contributed by atoms with Crippen molar-refractivity contribution in [3.8, 4) is 12.1 Å². The zero-order valence-electron chi connectivity index (χ0n) is 29.5. The number of benzene rings is 2. The maximum Gasteiger partial charge on any atom is 0.491 e. The number of carbonyl (C=O) groups is 1. The Morgan fingerprint density at radius 2 is 1.71 bits per heavy atom. The van der Waals surface area contributed by atoms with Gasteiger partial charge in [-0.3, -0.25) is 4.90 Å². The van der Waals surface area contributed by atoms with Crippen LogP contribution in [0.2, 0.25) is 0 Å². The number of nitrogens with zero attached hydrogens (tertiary/aromatic N) is 6. The molecule has 4 heterocycles. The second-order valence-corrected chi connectivity index (χ2v) is 17.3. The highest BCUT2D eigenvalue weighted by Crippen LogP contribution is 2.68. The number of piperidine rings is 1. The largest absolute Gasteiger partial charge is 0.491 e. The molecule has 2 aromatic heterocycles. The summed E-state index contributed by atoms with van der Waals surface area (Å²) in [6.07, 6.45) is -7.40. The summed E-state index contributed by atoms with van der Waals surface area (Å²) in [7, 11) is -3.80. The average molecular weight is 791 g/mol. The van der Waals surface area contributed by atoms with E-state index in [0.717, 1.165) is 48.0 Å². The first-order chi connectivity index (χ1) is 25.7. The first-order valence-electron chi connectivity index (χ1n) is 17.6. The van der Waals surface area contributed by atoms with E-state index in [9.17, 15) is 44.8 Å². The molecule has 2 bridgehead atoms. The molecule has 3 saturated carbocycles. The van der Waals surface area contributed by atoms with Crippen molar-refractivity contribution in [3.05, 3.63) is 58.8 Å². The maximum absolute atomic E-state index is 13.2. The fourth-order valence-corrected chi connectivity index (χ4v) is 10.3. The minimum atomic E-state index is -5.29. The van der Waals surface area contributed by atoms with Crippen molar-refractivity contribution in [1.29, 1.82) is 5.26 Å². The third-order valence-corrected chi connectivity index (χ3v) is 12.5. The van der Waals surface area contributed by atoms with E-state index in [1.54, 1.807) is 4.90 Å². The predicted octanol–water partition coefficient (Wildman–Crippen LogP) is 5.16. The summed E-state index contributed by atoms with van der Waals surface area (Å²) in [6.45, 7) is 5.74. The molecule has 2 aliphatic heterocycles. The Labute approximate surface area is 311 Å². The molecule has 0 amide bonds. The molecule has 0 radical (unpaired) electrons. The third-order valence-electron chi connectivity index (χ3n) is 11.8. The van der Waals surface area contributed by atoms with E-state index >= 15 is 0 Å². The number of aryl methyl sites for hydroxylation is 1. The summed E-state index contributed by atoms with van der Waals surface area (Å²) < 4.78 is 111. The van der Waals surface area contributed by atoms with Crippen molar-refractivity contribution in [3.63, 3.8) is 0 Å². The van der Waals surface area contributed by atoms with Gasteiger partial charge in [0.05, 0.1) is 11.9 Å². The lowest BCUT2D eigenvalue weighted by atomic mass is 9.40. The Kier molecular flexibility index (Phi) is 8.50. The fraction of sp³-hybridized carbons (Fsp3) is 0.500. The monoisotopic (exact) mass is 790 g/mol. The number of esters is 1. The Bertz CT molecular complexity index is 2370. The number of likely N-dealkylation sites (tertiary alicyclic amines) is 1. The van der Waals surface area contributed by atoms with Gasteiger partial charge in [0.15, 0.2) is 0 Å². The van der Waals surface area contributed by atoms with Gasteiger partial charge < -0.3 is 14.2 Å². The van der Waals surface area contributed by atoms with E-state index in [-0.39, 0.29) is 33.1 Å². The molecule has 55 heavy (non-hydrogen) atoms. The van der Waals surface area contributed by atoms with E-state index < -0.39 is 46.5 Å². The van der Waals surface area contributed by atoms with Gasteiger partial charge >= 0.3 is 24.3 Å². The summed E-state index contributed by atoms with van der Waals surface area (Å²) in [5, 5.41) is 16.4. The van der Waals surface area contributed by atoms with E-state index in [2.05, 4.69) is 36.5 Å². The fourth-order valence-electron chi connectivity index (χ4n) is 9.43. The number of anilines is 1. The van der Waals surface area contributed by atoms with Crippen molar-refractivity contribution in [2.45, 2.75) is 76.4 Å². The van der Waals surface area contributed by atoms with Crippen molar-refractivity contribution in [2.75, 3.05) is 31.1 Å². The van der Waals surface area contributed by atoms with Crippen LogP contribution in [-0.2, 0) is 34.5 Å². The molecule has 1 spiro atoms. The lowest BCUT2D eigenvalue weighted by Crippen LogP contribution is -2.76. The summed E-state index contributed by atoms with van der Waals surface area (Å²) in [4.78, 5) is 23.7. The molecule has 4 aromatic rings. The van der Waals surface area contributed by atoms with Crippen LogP contribution in [0.15, 0.2) is 36.4 Å². The number of fused-ring (bicyclic) bond motifs is 2. The molecule has 292 valence electrons. The minimum Gasteiger partial charge on any atom is -0.384 e. The highest BCUT2D eigenvalue weighted by Gasteiger charge is 2.68. The van der Waals surface area contributed by atoms with Gasteiger partial charge in [0.25, 0.3) is 10.2 Å². The molecule has 0 atom stereocenters. The number of hydrogen-bond acceptors (Lipinski definition) is 9. The van der Waals surface area contributed by atoms with Crippen LogP contribution in [0.25, 0.3) is 21.8 Å². The van der Waals surface area contributed by atoms with Crippen molar-refractivity contribution < 1.29 is 44.3 Å². The molecule has 2 saturated heterocycles. The topological polar surface area (TPSA) is 159 Å². The predicted molar refractivity (Wildman–Crippen MR) is 187 cm³/mol. The third kappa shape index (κ3) is 7.09. The Balaban J connectivity index is 0.942. The van der Waals surface area contributed by atoms with Gasteiger partial charge in [-0.1, -0.05) is 12.1 Å². The van der Waals surface area contributed by atoms with Gasteiger partial charge in [-0.25, -0.2) is 9.93 Å². The highest BCUT2D eigenvalue weighted by atomic mass is 32.2. The molecule has 9 rings (SSSR count). The van der Waals surface area contributed by atoms with Crippen LogP contribution in [0.3, 0.4) is 0 Å². The van der Waals surface area contributed by atoms with Crippen LogP contribution in [0, 0.1) is 29.1 Å². The van der Waals surface area contributed by atoms with Crippen LogP contribution >= 0.6 is 0 Å². The standard InChI is InChI=1S/C36H36F6N8O4S/c1-21-23(3-5-28-25(21)11-24(13-43)50(28)20-33-15-34(16-33,17-33)47-55(44,52)53)14-48-8-6-32(7-9-48)18-49(19-32)29-26-10-22(12-35(37,38)39)2-4-27(26)45-31(46-29)54-30(51)36(40,41)42/h2-5,10-11,47H,6-9,12,14-20H2,1H3,(H2,44,52,53). The smallest absolute Gasteiger partial charge is 0.384 e. The van der Waals surface area contributed by atoms with Crippen molar-refractivity contribution in [1.82, 2.24) is 24.2 Å². The molecule has 3 N–H and O–H groups in total. The minimum absolute atomic E-state index is 0.0477. The average Bonchev–Trinajstić information content (AvgIpc) is 3.39. The summed E-state index contributed by atoms with van der Waals surface area (Å²) in [5.74, 6) is -2.40. The van der Waals surface area contributed by atoms with Crippen molar-refractivity contribution in [2.24, 2.45) is 16.0 Å². The SMILES string of the molecule is Cc1c(CN2CCC3(CC2)CN(c2nc(OC(=O)C(F)(F)F)nc4ccc(CC(F)(F)F)cc24)C3)ccc2c1cc(C#N)n2CC12CC(NS(N)(=O)=O)(C1)C2. The number of halogens is 6. The zero-order chi connectivity index (χ0) is 39.3. The number of nitriles is 1. The number of hydrogen-bond donors (Lipinski definition) is 2. The second-order valence-electron chi connectivity index (χ2n) is 16.0. The Morgan fingerprint density at radius 1 is 1.02 bits per heavy atom. The molecule has 5 fully saturated rings. The van der Waals surface area contributed by atoms with E-state index in [4.69, 9.17) is 5.14 Å². The van der Waals surface area contributed by atoms with Gasteiger partial charge in [0, 0.05) is 53.4 Å². The summed E-state index contributed by atoms with van der Waals surface area (Å²) >= 11 is 0. The highest BCUT2D eigenvalue weighted by molar-refractivity contribution is 7.87. The van der Waals surface area contributed by atoms with Gasteiger partial charge in [-0.2, -0.15) is 54.7 Å². The summed E-state index contributed by atoms with van der Waals surface area (Å²) in [6, 6.07) is 11.2. The van der Waals surface area contributed by atoms with E-state index in [0.29, 0.717) is 51.1 Å². The number of nitrogens with two attached hydrogens (primary N) is 1. The van der Waals surface area contributed by atoms with Gasteiger partial charge in [-0.15, -0.1) is 0 Å². The molecule has 3 aliphatic carbocycles. The Hall–Kier alpha value is -4.51. The van der Waals surface area contributed by atoms with Gasteiger partial charge in [-0.05, 0) is 98.5 Å². The van der Waals surface area contributed by atoms with Crippen LogP contribution in [-0.4, -0.2) is 77.9 Å². The first-order valence-corrected chi connectivity index (χ1v) is 19.2. The lowest BCUT2D eigenvalue weighted by Gasteiger charge is -2.70. The van der Waals surface area contributed by atoms with Crippen LogP contribution in [0.5, 0.6) is 6.01 Å². The van der Waals surface area contributed by atoms with E-state index in [1.165, 1.54) is 18.2 Å². The van der Waals surface area contributed by atoms with Crippen molar-refractivity contribution >= 4 is 43.8 Å². The molecule has 12 nitrogen and oxygen atoms in total. The van der Waals surface area contributed by atoms with Crippen LogP contribution < -0.4 is 19.5 Å². The van der Waals surface area contributed by atoms with Gasteiger partial charge in [0.2, 0.25) is 0 Å². The molecule has 5 aliphatic rings. The number of aromatic nitrogens is 3. The molecular weight excluding hydrogens is 755 g/mol. The number of nitrogens with one attached hydrogen (secondary N) is 1. The molecule has 19 heteroatoms. The second kappa shape index (κ2) is 12.5. The Morgan fingerprint density at radius 3 is 2.33 bits per heavy atom. The van der Waals surface area contributed by atoms with E-state index in [1.807, 2.05) is 23.6 Å². The number of ether oxygens (including phenoxy) is 1. The maximum atomic E-state index is 13.2. The number of alkyl halides is 6. The quantitative estimate of drug-likeness (QED) is 0.173. The van der Waals surface area contributed by atoms with Crippen LogP contribution in [0.1, 0.15) is 54.5 Å². The van der Waals surface area contributed by atoms with Crippen LogP contribution in [0.4, 0.5) is 32.2 Å². The number of rotatable bonds is 9. The normalized spacial score (nSPS) is 23.7. The molecular formula is C36H36F6N8O4S. The molecule has 2 aromatic carbocycles. The van der Waals surface area contributed by atoms with Gasteiger partial charge in [0.1, 0.15) is 17.6 Å². The first kappa shape index (κ1) is 37.4.